The van der Waals surface area contributed by atoms with Gasteiger partial charge in [-0.25, -0.2) is 0 Å². The maximum Gasteiger partial charge on any atom is 0.133 e. The van der Waals surface area contributed by atoms with Crippen molar-refractivity contribution in [3.63, 3.8) is 0 Å². The molecule has 1 aromatic rings. The molecule has 0 aromatic carbocycles. The zero-order valence-corrected chi connectivity index (χ0v) is 9.11. The van der Waals surface area contributed by atoms with Gasteiger partial charge >= 0.3 is 0 Å². The van der Waals surface area contributed by atoms with Crippen LogP contribution in [0.5, 0.6) is 5.75 Å². The van der Waals surface area contributed by atoms with Gasteiger partial charge in [0.1, 0.15) is 5.75 Å². The van der Waals surface area contributed by atoms with E-state index >= 15 is 0 Å². The van der Waals surface area contributed by atoms with Crippen LogP contribution in [0.3, 0.4) is 0 Å². The van der Waals surface area contributed by atoms with Crippen molar-refractivity contribution >= 4 is 0 Å². The number of aromatic hydroxyl groups is 1. The first-order valence-electron chi connectivity index (χ1n) is 5.61. The average molecular weight is 206 g/mol. The van der Waals surface area contributed by atoms with E-state index in [0.717, 1.165) is 18.2 Å². The lowest BCUT2D eigenvalue weighted by atomic mass is 10.1. The topological polar surface area (TPSA) is 45.1 Å². The largest absolute Gasteiger partial charge is 0.506 e. The van der Waals surface area contributed by atoms with Crippen molar-refractivity contribution in [3.8, 4) is 5.75 Å². The number of rotatable bonds is 5. The second-order valence-electron chi connectivity index (χ2n) is 4.47. The van der Waals surface area contributed by atoms with E-state index in [0.29, 0.717) is 6.04 Å². The van der Waals surface area contributed by atoms with E-state index in [1.54, 1.807) is 6.07 Å². The zero-order valence-electron chi connectivity index (χ0n) is 9.11. The van der Waals surface area contributed by atoms with Gasteiger partial charge in [0.05, 0.1) is 11.9 Å². The summed E-state index contributed by atoms with van der Waals surface area (Å²) in [5, 5.41) is 12.5. The van der Waals surface area contributed by atoms with Crippen LogP contribution in [0.15, 0.2) is 18.3 Å². The minimum atomic E-state index is 0.227. The molecule has 3 heteroatoms. The van der Waals surface area contributed by atoms with Crippen LogP contribution in [0.2, 0.25) is 0 Å². The molecule has 0 spiro atoms. The van der Waals surface area contributed by atoms with Crippen molar-refractivity contribution < 1.29 is 5.11 Å². The van der Waals surface area contributed by atoms with Gasteiger partial charge in [-0.2, -0.15) is 0 Å². The molecule has 0 amide bonds. The molecule has 0 bridgehead atoms. The Morgan fingerprint density at radius 1 is 1.53 bits per heavy atom. The Bertz CT molecular complexity index is 306. The third kappa shape index (κ3) is 3.51. The highest BCUT2D eigenvalue weighted by Crippen LogP contribution is 2.33. The van der Waals surface area contributed by atoms with E-state index in [2.05, 4.69) is 17.2 Å². The minimum absolute atomic E-state index is 0.227. The van der Waals surface area contributed by atoms with E-state index in [1.807, 2.05) is 6.07 Å². The molecule has 1 unspecified atom stereocenters. The molecule has 0 radical (unpaired) electrons. The lowest BCUT2D eigenvalue weighted by molar-refractivity contribution is 0.468. The molecule has 1 heterocycles. The van der Waals surface area contributed by atoms with Gasteiger partial charge in [-0.15, -0.1) is 0 Å². The second kappa shape index (κ2) is 4.62. The van der Waals surface area contributed by atoms with Crippen molar-refractivity contribution in [2.45, 2.75) is 38.8 Å². The smallest absolute Gasteiger partial charge is 0.133 e. The number of hydrogen-bond acceptors (Lipinski definition) is 3. The molecule has 3 nitrogen and oxygen atoms in total. The highest BCUT2D eigenvalue weighted by atomic mass is 16.3. The standard InChI is InChI=1S/C12H18N2O/c1-9(6-10-2-3-10)13-7-11-4-5-12(15)8-14-11/h4-5,8-10,13,15H,2-3,6-7H2,1H3. The number of nitrogens with one attached hydrogen (secondary N) is 1. The van der Waals surface area contributed by atoms with Crippen molar-refractivity contribution in [2.75, 3.05) is 0 Å². The van der Waals surface area contributed by atoms with E-state index in [9.17, 15) is 0 Å². The Kier molecular flexibility index (Phi) is 3.21. The highest BCUT2D eigenvalue weighted by Gasteiger charge is 2.23. The third-order valence-corrected chi connectivity index (χ3v) is 2.82. The first-order valence-corrected chi connectivity index (χ1v) is 5.61. The molecule has 2 N–H and O–H groups in total. The van der Waals surface area contributed by atoms with Crippen LogP contribution < -0.4 is 5.32 Å². The molecule has 1 saturated carbocycles. The van der Waals surface area contributed by atoms with Crippen LogP contribution in [-0.4, -0.2) is 16.1 Å². The molecule has 0 aliphatic heterocycles. The van der Waals surface area contributed by atoms with Gasteiger partial charge in [0.2, 0.25) is 0 Å². The summed E-state index contributed by atoms with van der Waals surface area (Å²) in [5.41, 5.74) is 0.982. The number of aromatic nitrogens is 1. The highest BCUT2D eigenvalue weighted by molar-refractivity contribution is 5.17. The summed E-state index contributed by atoms with van der Waals surface area (Å²) in [4.78, 5) is 4.13. The molecule has 2 rings (SSSR count). The maximum absolute atomic E-state index is 9.08. The summed E-state index contributed by atoms with van der Waals surface area (Å²) in [6.45, 7) is 3.01. The molecular weight excluding hydrogens is 188 g/mol. The van der Waals surface area contributed by atoms with Crippen LogP contribution in [0, 0.1) is 5.92 Å². The van der Waals surface area contributed by atoms with E-state index in [4.69, 9.17) is 5.11 Å². The fraction of sp³-hybridized carbons (Fsp3) is 0.583. The number of pyridine rings is 1. The minimum Gasteiger partial charge on any atom is -0.506 e. The van der Waals surface area contributed by atoms with Gasteiger partial charge in [0, 0.05) is 12.6 Å². The van der Waals surface area contributed by atoms with Gasteiger partial charge in [-0.1, -0.05) is 12.8 Å². The first-order chi connectivity index (χ1) is 7.24. The zero-order chi connectivity index (χ0) is 10.7. The molecule has 15 heavy (non-hydrogen) atoms. The Balaban J connectivity index is 1.74. The summed E-state index contributed by atoms with van der Waals surface area (Å²) in [5.74, 6) is 1.19. The molecular formula is C12H18N2O. The Morgan fingerprint density at radius 3 is 2.93 bits per heavy atom. The summed E-state index contributed by atoms with van der Waals surface area (Å²) < 4.78 is 0. The van der Waals surface area contributed by atoms with Gasteiger partial charge in [-0.3, -0.25) is 4.98 Å². The summed E-state index contributed by atoms with van der Waals surface area (Å²) >= 11 is 0. The summed E-state index contributed by atoms with van der Waals surface area (Å²) in [7, 11) is 0. The molecule has 1 fully saturated rings. The monoisotopic (exact) mass is 206 g/mol. The molecule has 1 aliphatic rings. The predicted octanol–water partition coefficient (Wildman–Crippen LogP) is 2.07. The van der Waals surface area contributed by atoms with Crippen molar-refractivity contribution in [3.05, 3.63) is 24.0 Å². The van der Waals surface area contributed by atoms with Crippen LogP contribution in [0.25, 0.3) is 0 Å². The molecule has 1 aromatic heterocycles. The Labute approximate surface area is 90.5 Å². The lowest BCUT2D eigenvalue weighted by Crippen LogP contribution is -2.26. The number of nitrogens with zero attached hydrogens (tertiary/aromatic N) is 1. The van der Waals surface area contributed by atoms with E-state index < -0.39 is 0 Å². The molecule has 1 atom stereocenters. The van der Waals surface area contributed by atoms with Gasteiger partial charge in [-0.05, 0) is 31.4 Å². The summed E-state index contributed by atoms with van der Waals surface area (Å²) in [6, 6.07) is 4.09. The van der Waals surface area contributed by atoms with Gasteiger partial charge in [0.15, 0.2) is 0 Å². The van der Waals surface area contributed by atoms with Crippen LogP contribution >= 0.6 is 0 Å². The molecule has 82 valence electrons. The molecule has 0 saturated heterocycles. The van der Waals surface area contributed by atoms with E-state index in [-0.39, 0.29) is 5.75 Å². The van der Waals surface area contributed by atoms with Crippen LogP contribution in [0.1, 0.15) is 31.9 Å². The Morgan fingerprint density at radius 2 is 2.33 bits per heavy atom. The Hall–Kier alpha value is -1.09. The first kappa shape index (κ1) is 10.4. The number of hydrogen-bond donors (Lipinski definition) is 2. The maximum atomic E-state index is 9.08. The fourth-order valence-corrected chi connectivity index (χ4v) is 1.74. The fourth-order valence-electron chi connectivity index (χ4n) is 1.74. The normalized spacial score (nSPS) is 17.7. The van der Waals surface area contributed by atoms with Gasteiger partial charge < -0.3 is 10.4 Å². The SMILES string of the molecule is CC(CC1CC1)NCc1ccc(O)cn1. The quantitative estimate of drug-likeness (QED) is 0.775. The van der Waals surface area contributed by atoms with Crippen LogP contribution in [0.4, 0.5) is 0 Å². The predicted molar refractivity (Wildman–Crippen MR) is 59.5 cm³/mol. The van der Waals surface area contributed by atoms with Crippen LogP contribution in [-0.2, 0) is 6.54 Å². The molecule has 1 aliphatic carbocycles. The van der Waals surface area contributed by atoms with Crippen molar-refractivity contribution in [2.24, 2.45) is 5.92 Å². The summed E-state index contributed by atoms with van der Waals surface area (Å²) in [6.07, 6.45) is 5.58. The third-order valence-electron chi connectivity index (χ3n) is 2.82. The lowest BCUT2D eigenvalue weighted by Gasteiger charge is -2.12. The van der Waals surface area contributed by atoms with Crippen molar-refractivity contribution in [1.82, 2.24) is 10.3 Å². The second-order valence-corrected chi connectivity index (χ2v) is 4.47. The van der Waals surface area contributed by atoms with E-state index in [1.165, 1.54) is 25.5 Å². The average Bonchev–Trinajstić information content (AvgIpc) is 3.01. The van der Waals surface area contributed by atoms with Gasteiger partial charge in [0.25, 0.3) is 0 Å². The van der Waals surface area contributed by atoms with Crippen molar-refractivity contribution in [1.29, 1.82) is 0 Å².